The molecule has 1 fully saturated rings. The second-order valence-corrected chi connectivity index (χ2v) is 5.75. The van der Waals surface area contributed by atoms with Crippen LogP contribution in [-0.4, -0.2) is 35.0 Å². The molecule has 1 aromatic carbocycles. The largest absolute Gasteiger partial charge is 0.481 e. The molecular weight excluding hydrogens is 310 g/mol. The summed E-state index contributed by atoms with van der Waals surface area (Å²) < 4.78 is 0.740. The van der Waals surface area contributed by atoms with E-state index in [1.807, 2.05) is 19.1 Å². The number of hydrogen-bond acceptors (Lipinski definition) is 2. The molecule has 1 aliphatic rings. The molecule has 1 atom stereocenters. The highest BCUT2D eigenvalue weighted by molar-refractivity contribution is 9.10. The lowest BCUT2D eigenvalue weighted by Crippen LogP contribution is -2.36. The van der Waals surface area contributed by atoms with Crippen LogP contribution in [0.3, 0.4) is 0 Å². The smallest absolute Gasteiger partial charge is 0.311 e. The maximum absolute atomic E-state index is 12.4. The SMILES string of the molecule is CCC1(C(=O)O)CCN(C(=O)c2ccccc2Br)C1. The summed E-state index contributed by atoms with van der Waals surface area (Å²) in [6.07, 6.45) is 1.07. The normalized spacial score (nSPS) is 22.5. The van der Waals surface area contributed by atoms with Crippen LogP contribution >= 0.6 is 15.9 Å². The van der Waals surface area contributed by atoms with Crippen molar-refractivity contribution in [2.24, 2.45) is 5.41 Å². The first-order chi connectivity index (χ1) is 9.00. The fraction of sp³-hybridized carbons (Fsp3) is 0.429. The van der Waals surface area contributed by atoms with E-state index in [-0.39, 0.29) is 5.91 Å². The third-order valence-electron chi connectivity index (χ3n) is 3.88. The minimum absolute atomic E-state index is 0.107. The Labute approximate surface area is 120 Å². The van der Waals surface area contributed by atoms with Crippen LogP contribution < -0.4 is 0 Å². The molecular formula is C14H16BrNO3. The van der Waals surface area contributed by atoms with E-state index in [1.165, 1.54) is 0 Å². The average Bonchev–Trinajstić information content (AvgIpc) is 2.84. The van der Waals surface area contributed by atoms with E-state index >= 15 is 0 Å². The third kappa shape index (κ3) is 2.52. The van der Waals surface area contributed by atoms with E-state index in [2.05, 4.69) is 15.9 Å². The quantitative estimate of drug-likeness (QED) is 0.929. The van der Waals surface area contributed by atoms with Gasteiger partial charge in [0.05, 0.1) is 11.0 Å². The molecule has 1 unspecified atom stereocenters. The van der Waals surface area contributed by atoms with E-state index in [0.29, 0.717) is 31.5 Å². The number of hydrogen-bond donors (Lipinski definition) is 1. The molecule has 5 heteroatoms. The Morgan fingerprint density at radius 3 is 2.63 bits per heavy atom. The molecule has 19 heavy (non-hydrogen) atoms. The molecule has 1 aliphatic heterocycles. The van der Waals surface area contributed by atoms with Crippen molar-refractivity contribution in [1.29, 1.82) is 0 Å². The minimum atomic E-state index is -0.808. The van der Waals surface area contributed by atoms with Crippen LogP contribution in [0.5, 0.6) is 0 Å². The van der Waals surface area contributed by atoms with Crippen LogP contribution in [0.1, 0.15) is 30.1 Å². The van der Waals surface area contributed by atoms with Gasteiger partial charge in [-0.05, 0) is 40.9 Å². The first kappa shape index (κ1) is 14.1. The number of likely N-dealkylation sites (tertiary alicyclic amines) is 1. The maximum atomic E-state index is 12.4. The Morgan fingerprint density at radius 2 is 2.11 bits per heavy atom. The van der Waals surface area contributed by atoms with Crippen molar-refractivity contribution >= 4 is 27.8 Å². The van der Waals surface area contributed by atoms with Gasteiger partial charge in [0.25, 0.3) is 5.91 Å². The lowest BCUT2D eigenvalue weighted by Gasteiger charge is -2.23. The van der Waals surface area contributed by atoms with Gasteiger partial charge in [-0.3, -0.25) is 9.59 Å². The second kappa shape index (κ2) is 5.33. The average molecular weight is 326 g/mol. The number of amides is 1. The standard InChI is InChI=1S/C14H16BrNO3/c1-2-14(13(18)19)7-8-16(9-14)12(17)10-5-3-4-6-11(10)15/h3-6H,2,7-9H2,1H3,(H,18,19). The summed E-state index contributed by atoms with van der Waals surface area (Å²) in [5.41, 5.74) is -0.198. The van der Waals surface area contributed by atoms with Crippen molar-refractivity contribution in [1.82, 2.24) is 4.90 Å². The molecule has 0 aliphatic carbocycles. The van der Waals surface area contributed by atoms with Gasteiger partial charge < -0.3 is 10.0 Å². The van der Waals surface area contributed by atoms with Crippen LogP contribution in [0, 0.1) is 5.41 Å². The summed E-state index contributed by atoms with van der Waals surface area (Å²) in [6, 6.07) is 7.21. The molecule has 0 spiro atoms. The Morgan fingerprint density at radius 1 is 1.42 bits per heavy atom. The summed E-state index contributed by atoms with van der Waals surface area (Å²) in [4.78, 5) is 25.4. The zero-order valence-corrected chi connectivity index (χ0v) is 12.3. The van der Waals surface area contributed by atoms with E-state index in [1.54, 1.807) is 17.0 Å². The Bertz CT molecular complexity index is 517. The fourth-order valence-corrected chi connectivity index (χ4v) is 2.92. The molecule has 0 aromatic heterocycles. The lowest BCUT2D eigenvalue weighted by molar-refractivity contribution is -0.148. The molecule has 1 saturated heterocycles. The number of halogens is 1. The fourth-order valence-electron chi connectivity index (χ4n) is 2.47. The molecule has 0 bridgehead atoms. The second-order valence-electron chi connectivity index (χ2n) is 4.90. The first-order valence-corrected chi connectivity index (χ1v) is 7.07. The Balaban J connectivity index is 2.20. The number of rotatable bonds is 3. The van der Waals surface area contributed by atoms with Gasteiger partial charge in [0.2, 0.25) is 0 Å². The van der Waals surface area contributed by atoms with Gasteiger partial charge in [0.1, 0.15) is 0 Å². The molecule has 0 radical (unpaired) electrons. The number of carbonyl (C=O) groups excluding carboxylic acids is 1. The van der Waals surface area contributed by atoms with E-state index in [4.69, 9.17) is 0 Å². The van der Waals surface area contributed by atoms with Gasteiger partial charge in [-0.25, -0.2) is 0 Å². The van der Waals surface area contributed by atoms with E-state index < -0.39 is 11.4 Å². The predicted molar refractivity (Wildman–Crippen MR) is 75.0 cm³/mol. The highest BCUT2D eigenvalue weighted by Crippen LogP contribution is 2.35. The summed E-state index contributed by atoms with van der Waals surface area (Å²) in [5, 5.41) is 9.34. The van der Waals surface area contributed by atoms with Gasteiger partial charge in [-0.2, -0.15) is 0 Å². The number of nitrogens with zero attached hydrogens (tertiary/aromatic N) is 1. The Hall–Kier alpha value is -1.36. The van der Waals surface area contributed by atoms with Gasteiger partial charge in [-0.15, -0.1) is 0 Å². The number of aliphatic carboxylic acids is 1. The van der Waals surface area contributed by atoms with Crippen molar-refractivity contribution in [2.45, 2.75) is 19.8 Å². The predicted octanol–water partition coefficient (Wildman–Crippen LogP) is 2.78. The molecule has 1 N–H and O–H groups in total. The van der Waals surface area contributed by atoms with Crippen LogP contribution in [0.2, 0.25) is 0 Å². The molecule has 1 heterocycles. The van der Waals surface area contributed by atoms with Crippen molar-refractivity contribution < 1.29 is 14.7 Å². The van der Waals surface area contributed by atoms with Crippen molar-refractivity contribution in [3.63, 3.8) is 0 Å². The van der Waals surface area contributed by atoms with Gasteiger partial charge in [-0.1, -0.05) is 19.1 Å². The zero-order valence-electron chi connectivity index (χ0n) is 10.7. The van der Waals surface area contributed by atoms with Crippen LogP contribution in [0.4, 0.5) is 0 Å². The van der Waals surface area contributed by atoms with Crippen LogP contribution in [-0.2, 0) is 4.79 Å². The maximum Gasteiger partial charge on any atom is 0.311 e. The summed E-state index contributed by atoms with van der Waals surface area (Å²) in [5.74, 6) is -0.915. The number of carboxylic acids is 1. The van der Waals surface area contributed by atoms with Crippen molar-refractivity contribution in [2.75, 3.05) is 13.1 Å². The summed E-state index contributed by atoms with van der Waals surface area (Å²) in [7, 11) is 0. The highest BCUT2D eigenvalue weighted by Gasteiger charge is 2.44. The lowest BCUT2D eigenvalue weighted by atomic mass is 9.84. The zero-order chi connectivity index (χ0) is 14.0. The van der Waals surface area contributed by atoms with Gasteiger partial charge >= 0.3 is 5.97 Å². The molecule has 4 nitrogen and oxygen atoms in total. The van der Waals surface area contributed by atoms with E-state index in [0.717, 1.165) is 4.47 Å². The van der Waals surface area contributed by atoms with Gasteiger partial charge in [0, 0.05) is 17.6 Å². The number of carboxylic acid groups (broad SMARTS) is 1. The molecule has 1 aromatic rings. The summed E-state index contributed by atoms with van der Waals surface area (Å²) in [6.45, 7) is 2.65. The third-order valence-corrected chi connectivity index (χ3v) is 4.57. The van der Waals surface area contributed by atoms with Crippen molar-refractivity contribution in [3.05, 3.63) is 34.3 Å². The minimum Gasteiger partial charge on any atom is -0.481 e. The van der Waals surface area contributed by atoms with Crippen molar-refractivity contribution in [3.8, 4) is 0 Å². The Kier molecular flexibility index (Phi) is 3.94. The first-order valence-electron chi connectivity index (χ1n) is 6.27. The van der Waals surface area contributed by atoms with Gasteiger partial charge in [0.15, 0.2) is 0 Å². The molecule has 2 rings (SSSR count). The van der Waals surface area contributed by atoms with Crippen LogP contribution in [0.25, 0.3) is 0 Å². The number of benzene rings is 1. The van der Waals surface area contributed by atoms with Crippen LogP contribution in [0.15, 0.2) is 28.7 Å². The van der Waals surface area contributed by atoms with E-state index in [9.17, 15) is 14.7 Å². The topological polar surface area (TPSA) is 57.6 Å². The molecule has 0 saturated carbocycles. The monoisotopic (exact) mass is 325 g/mol. The molecule has 1 amide bonds. The summed E-state index contributed by atoms with van der Waals surface area (Å²) >= 11 is 3.35. The molecule has 102 valence electrons. The number of carbonyl (C=O) groups is 2. The highest BCUT2D eigenvalue weighted by atomic mass is 79.9.